The van der Waals surface area contributed by atoms with Crippen molar-refractivity contribution < 1.29 is 14.7 Å². The van der Waals surface area contributed by atoms with Gasteiger partial charge in [-0.25, -0.2) is 9.59 Å². The highest BCUT2D eigenvalue weighted by molar-refractivity contribution is 7.99. The molecular weight excluding hydrogens is 300 g/mol. The van der Waals surface area contributed by atoms with E-state index in [0.717, 1.165) is 17.9 Å². The van der Waals surface area contributed by atoms with Gasteiger partial charge in [0.05, 0.1) is 11.3 Å². The number of carboxylic acids is 1. The lowest BCUT2D eigenvalue weighted by Gasteiger charge is -2.12. The lowest BCUT2D eigenvalue weighted by atomic mass is 10.1. The number of aromatic carboxylic acids is 1. The van der Waals surface area contributed by atoms with E-state index in [0.29, 0.717) is 17.5 Å². The van der Waals surface area contributed by atoms with E-state index in [1.165, 1.54) is 18.2 Å². The average Bonchev–Trinajstić information content (AvgIpc) is 2.89. The van der Waals surface area contributed by atoms with E-state index in [1.807, 2.05) is 11.8 Å². The summed E-state index contributed by atoms with van der Waals surface area (Å²) in [7, 11) is 0. The molecule has 1 saturated heterocycles. The Morgan fingerprint density at radius 1 is 1.45 bits per heavy atom. The molecule has 1 aliphatic rings. The largest absolute Gasteiger partial charge is 0.478 e. The molecular formula is C13H15ClN2O3S. The SMILES string of the molecule is O=C(NCC1CCSC1)Nc1cc(Cl)ccc1C(=O)O. The molecule has 0 aliphatic carbocycles. The van der Waals surface area contributed by atoms with Crippen molar-refractivity contribution in [2.24, 2.45) is 5.92 Å². The molecule has 7 heteroatoms. The van der Waals surface area contributed by atoms with Crippen LogP contribution in [0.2, 0.25) is 5.02 Å². The maximum Gasteiger partial charge on any atom is 0.337 e. The maximum atomic E-state index is 11.8. The van der Waals surface area contributed by atoms with Crippen LogP contribution < -0.4 is 10.6 Å². The predicted octanol–water partition coefficient (Wildman–Crippen LogP) is 2.91. The summed E-state index contributed by atoms with van der Waals surface area (Å²) in [6.45, 7) is 0.599. The molecule has 20 heavy (non-hydrogen) atoms. The second-order valence-corrected chi connectivity index (χ2v) is 6.15. The van der Waals surface area contributed by atoms with Crippen molar-refractivity contribution in [3.8, 4) is 0 Å². The fraction of sp³-hybridized carbons (Fsp3) is 0.385. The molecule has 5 nitrogen and oxygen atoms in total. The molecule has 108 valence electrons. The monoisotopic (exact) mass is 314 g/mol. The van der Waals surface area contributed by atoms with Crippen molar-refractivity contribution in [1.29, 1.82) is 0 Å². The van der Waals surface area contributed by atoms with Crippen molar-refractivity contribution in [2.45, 2.75) is 6.42 Å². The van der Waals surface area contributed by atoms with Gasteiger partial charge < -0.3 is 15.7 Å². The quantitative estimate of drug-likeness (QED) is 0.798. The van der Waals surface area contributed by atoms with Crippen LogP contribution in [0.3, 0.4) is 0 Å². The number of benzene rings is 1. The average molecular weight is 315 g/mol. The molecule has 1 aromatic rings. The van der Waals surface area contributed by atoms with Crippen molar-refractivity contribution in [1.82, 2.24) is 5.32 Å². The Morgan fingerprint density at radius 3 is 2.90 bits per heavy atom. The summed E-state index contributed by atoms with van der Waals surface area (Å²) >= 11 is 7.70. The Kier molecular flexibility index (Phi) is 5.14. The lowest BCUT2D eigenvalue weighted by molar-refractivity contribution is 0.0698. The number of carboxylic acid groups (broad SMARTS) is 1. The number of hydrogen-bond acceptors (Lipinski definition) is 3. The standard InChI is InChI=1S/C13H15ClN2O3S/c14-9-1-2-10(12(17)18)11(5-9)16-13(19)15-6-8-3-4-20-7-8/h1-2,5,8H,3-4,6-7H2,(H,17,18)(H2,15,16,19). The number of thioether (sulfide) groups is 1. The molecule has 1 heterocycles. The molecule has 0 aromatic heterocycles. The number of carbonyl (C=O) groups excluding carboxylic acids is 1. The number of nitrogens with one attached hydrogen (secondary N) is 2. The molecule has 3 N–H and O–H groups in total. The molecule has 0 saturated carbocycles. The minimum Gasteiger partial charge on any atom is -0.478 e. The second kappa shape index (κ2) is 6.85. The predicted molar refractivity (Wildman–Crippen MR) is 80.9 cm³/mol. The number of halogens is 1. The third-order valence-electron chi connectivity index (χ3n) is 3.04. The first-order valence-corrected chi connectivity index (χ1v) is 7.75. The molecule has 1 atom stereocenters. The van der Waals surface area contributed by atoms with Gasteiger partial charge in [-0.3, -0.25) is 0 Å². The maximum absolute atomic E-state index is 11.8. The van der Waals surface area contributed by atoms with Gasteiger partial charge in [-0.2, -0.15) is 11.8 Å². The van der Waals surface area contributed by atoms with E-state index in [9.17, 15) is 9.59 Å². The minimum atomic E-state index is -1.11. The van der Waals surface area contributed by atoms with Crippen LogP contribution >= 0.6 is 23.4 Å². The Morgan fingerprint density at radius 2 is 2.25 bits per heavy atom. The summed E-state index contributed by atoms with van der Waals surface area (Å²) in [4.78, 5) is 22.9. The first kappa shape index (κ1) is 15.0. The van der Waals surface area contributed by atoms with Crippen LogP contribution in [0.15, 0.2) is 18.2 Å². The third kappa shape index (κ3) is 4.05. The van der Waals surface area contributed by atoms with Gasteiger partial charge in [0.2, 0.25) is 0 Å². The Labute approximate surface area is 126 Å². The molecule has 1 fully saturated rings. The summed E-state index contributed by atoms with van der Waals surface area (Å²) in [5.41, 5.74) is 0.212. The summed E-state index contributed by atoms with van der Waals surface area (Å²) in [5, 5.41) is 14.7. The zero-order valence-corrected chi connectivity index (χ0v) is 12.3. The molecule has 2 rings (SSSR count). The second-order valence-electron chi connectivity index (χ2n) is 4.56. The first-order valence-electron chi connectivity index (χ1n) is 6.21. The summed E-state index contributed by atoms with van der Waals surface area (Å²) in [5.74, 6) is 1.57. The Balaban J connectivity index is 1.96. The Bertz CT molecular complexity index is 518. The molecule has 1 aromatic carbocycles. The molecule has 1 unspecified atom stereocenters. The topological polar surface area (TPSA) is 78.4 Å². The van der Waals surface area contributed by atoms with Gasteiger partial charge >= 0.3 is 12.0 Å². The zero-order valence-electron chi connectivity index (χ0n) is 10.7. The highest BCUT2D eigenvalue weighted by Gasteiger charge is 2.17. The zero-order chi connectivity index (χ0) is 14.5. The molecule has 1 aliphatic heterocycles. The van der Waals surface area contributed by atoms with E-state index in [2.05, 4.69) is 10.6 Å². The number of amides is 2. The highest BCUT2D eigenvalue weighted by Crippen LogP contribution is 2.23. The van der Waals surface area contributed by atoms with Crippen LogP contribution in [0.4, 0.5) is 10.5 Å². The highest BCUT2D eigenvalue weighted by atomic mass is 35.5. The lowest BCUT2D eigenvalue weighted by Crippen LogP contribution is -2.33. The van der Waals surface area contributed by atoms with E-state index in [4.69, 9.17) is 16.7 Å². The van der Waals surface area contributed by atoms with Gasteiger partial charge in [-0.05, 0) is 42.0 Å². The van der Waals surface area contributed by atoms with Crippen LogP contribution in [0.1, 0.15) is 16.8 Å². The number of carbonyl (C=O) groups is 2. The van der Waals surface area contributed by atoms with Crippen molar-refractivity contribution in [3.63, 3.8) is 0 Å². The summed E-state index contributed by atoms with van der Waals surface area (Å²) < 4.78 is 0. The minimum absolute atomic E-state index is 0.0148. The molecule has 0 spiro atoms. The van der Waals surface area contributed by atoms with Crippen LogP contribution in [0.5, 0.6) is 0 Å². The van der Waals surface area contributed by atoms with Crippen LogP contribution in [0, 0.1) is 5.92 Å². The normalized spacial score (nSPS) is 17.8. The molecule has 2 amide bonds. The van der Waals surface area contributed by atoms with Crippen LogP contribution in [0.25, 0.3) is 0 Å². The number of anilines is 1. The van der Waals surface area contributed by atoms with Crippen LogP contribution in [-0.4, -0.2) is 35.2 Å². The third-order valence-corrected chi connectivity index (χ3v) is 4.50. The summed E-state index contributed by atoms with van der Waals surface area (Å²) in [6, 6.07) is 3.86. The van der Waals surface area contributed by atoms with Gasteiger partial charge in [0.15, 0.2) is 0 Å². The smallest absolute Gasteiger partial charge is 0.337 e. The van der Waals surface area contributed by atoms with Gasteiger partial charge in [0.1, 0.15) is 0 Å². The van der Waals surface area contributed by atoms with E-state index in [-0.39, 0.29) is 11.3 Å². The van der Waals surface area contributed by atoms with E-state index < -0.39 is 12.0 Å². The number of hydrogen-bond donors (Lipinski definition) is 3. The van der Waals surface area contributed by atoms with E-state index >= 15 is 0 Å². The fourth-order valence-corrected chi connectivity index (χ4v) is 3.41. The van der Waals surface area contributed by atoms with Crippen molar-refractivity contribution >= 4 is 41.1 Å². The number of rotatable bonds is 4. The van der Waals surface area contributed by atoms with Gasteiger partial charge in [0, 0.05) is 11.6 Å². The van der Waals surface area contributed by atoms with E-state index in [1.54, 1.807) is 0 Å². The number of urea groups is 1. The Hall–Kier alpha value is -1.40. The fourth-order valence-electron chi connectivity index (χ4n) is 1.95. The summed E-state index contributed by atoms with van der Waals surface area (Å²) in [6.07, 6.45) is 1.10. The van der Waals surface area contributed by atoms with Gasteiger partial charge in [-0.1, -0.05) is 11.6 Å². The van der Waals surface area contributed by atoms with Crippen LogP contribution in [-0.2, 0) is 0 Å². The van der Waals surface area contributed by atoms with Crippen molar-refractivity contribution in [3.05, 3.63) is 28.8 Å². The molecule has 0 radical (unpaired) electrons. The van der Waals surface area contributed by atoms with Gasteiger partial charge in [0.25, 0.3) is 0 Å². The first-order chi connectivity index (χ1) is 9.56. The molecule has 0 bridgehead atoms. The van der Waals surface area contributed by atoms with Crippen molar-refractivity contribution in [2.75, 3.05) is 23.4 Å². The van der Waals surface area contributed by atoms with Gasteiger partial charge in [-0.15, -0.1) is 0 Å².